The molecule has 4 rings (SSSR count). The molecule has 1 aromatic rings. The highest BCUT2D eigenvalue weighted by molar-refractivity contribution is 6.37. The number of nitrogens with one attached hydrogen (secondary N) is 3. The fraction of sp³-hybridized carbons (Fsp3) is 0.657. The number of carbonyl (C=O) groups is 6. The molecule has 2 aliphatic carbocycles. The number of nitrogens with two attached hydrogens (primary N) is 1. The van der Waals surface area contributed by atoms with Crippen molar-refractivity contribution in [2.75, 3.05) is 25.5 Å². The summed E-state index contributed by atoms with van der Waals surface area (Å²) in [6, 6.07) is 2.66. The Labute approximate surface area is 277 Å². The third kappa shape index (κ3) is 7.79. The average molecular weight is 653 g/mol. The number of hydrogen-bond donors (Lipinski definition) is 4. The van der Waals surface area contributed by atoms with Crippen molar-refractivity contribution in [3.8, 4) is 0 Å². The van der Waals surface area contributed by atoms with Crippen LogP contribution in [-0.2, 0) is 19.2 Å². The third-order valence-electron chi connectivity index (χ3n) is 10.2. The van der Waals surface area contributed by atoms with Crippen molar-refractivity contribution < 1.29 is 28.8 Å². The number of fused-ring (bicyclic) bond motifs is 1. The molecule has 47 heavy (non-hydrogen) atoms. The number of piperidine rings is 1. The molecule has 3 aliphatic rings. The van der Waals surface area contributed by atoms with E-state index in [0.29, 0.717) is 18.5 Å². The molecule has 0 radical (unpaired) electrons. The zero-order valence-electron chi connectivity index (χ0n) is 29.2. The number of likely N-dealkylation sites (tertiary alicyclic amines) is 1. The number of benzene rings is 1. The lowest BCUT2D eigenvalue weighted by molar-refractivity contribution is -0.145. The standard InChI is InChI=1S/C35H52N6O6/c1-18(2)25(27(42)20-12-14-21(15-13-20)40(8)9)38-33(47)39-29(34(3,4)5)32(46)41-17-22-24(35(22,6)7)26(41)31(45)37-23(16-19-10-11-19)28(43)30(36)44/h12-15,18-19,22-26,29H,10-11,16-17H2,1-9H3,(H2,36,44)(H,37,45)(H2,38,39,47)/t22?,23?,24-,25-,26-,29+/m0/s1. The Morgan fingerprint density at radius 1 is 0.979 bits per heavy atom. The quantitative estimate of drug-likeness (QED) is 0.187. The Balaban J connectivity index is 1.52. The van der Waals surface area contributed by atoms with Gasteiger partial charge < -0.3 is 31.5 Å². The first-order chi connectivity index (χ1) is 21.7. The number of hydrogen-bond acceptors (Lipinski definition) is 7. The van der Waals surface area contributed by atoms with Crippen molar-refractivity contribution in [2.45, 2.75) is 91.9 Å². The molecule has 0 aromatic heterocycles. The second-order valence-electron chi connectivity index (χ2n) is 15.8. The summed E-state index contributed by atoms with van der Waals surface area (Å²) in [5, 5.41) is 8.38. The van der Waals surface area contributed by atoms with Gasteiger partial charge in [0.15, 0.2) is 5.78 Å². The van der Waals surface area contributed by atoms with E-state index in [1.54, 1.807) is 12.1 Å². The molecule has 1 aliphatic heterocycles. The monoisotopic (exact) mass is 652 g/mol. The van der Waals surface area contributed by atoms with Gasteiger partial charge in [-0.15, -0.1) is 0 Å². The van der Waals surface area contributed by atoms with Gasteiger partial charge in [-0.1, -0.05) is 61.3 Å². The van der Waals surface area contributed by atoms with E-state index in [1.807, 2.05) is 79.6 Å². The zero-order chi connectivity index (χ0) is 35.2. The molecule has 0 bridgehead atoms. The summed E-state index contributed by atoms with van der Waals surface area (Å²) in [6.07, 6.45) is 2.15. The minimum Gasteiger partial charge on any atom is -0.378 e. The van der Waals surface area contributed by atoms with E-state index in [4.69, 9.17) is 5.73 Å². The lowest BCUT2D eigenvalue weighted by Gasteiger charge is -2.38. The smallest absolute Gasteiger partial charge is 0.316 e. The molecule has 2 unspecified atom stereocenters. The van der Waals surface area contributed by atoms with Crippen LogP contribution in [0.25, 0.3) is 0 Å². The molecule has 5 N–H and O–H groups in total. The number of nitrogens with zero attached hydrogens (tertiary/aromatic N) is 2. The molecule has 0 spiro atoms. The summed E-state index contributed by atoms with van der Waals surface area (Å²) in [5.41, 5.74) is 5.74. The van der Waals surface area contributed by atoms with Gasteiger partial charge in [-0.2, -0.15) is 0 Å². The maximum absolute atomic E-state index is 14.3. The second kappa shape index (κ2) is 13.3. The Hall–Kier alpha value is -3.96. The van der Waals surface area contributed by atoms with Crippen LogP contribution in [0.3, 0.4) is 0 Å². The van der Waals surface area contributed by atoms with Gasteiger partial charge in [-0.3, -0.25) is 24.0 Å². The van der Waals surface area contributed by atoms with E-state index in [9.17, 15) is 28.8 Å². The van der Waals surface area contributed by atoms with Gasteiger partial charge >= 0.3 is 6.03 Å². The van der Waals surface area contributed by atoms with Crippen molar-refractivity contribution in [2.24, 2.45) is 40.2 Å². The highest BCUT2D eigenvalue weighted by Crippen LogP contribution is 2.65. The SMILES string of the molecule is CC(C)[C@H](NC(=O)N[C@H](C(=O)N1CC2[C@@H]([C@H]1C(=O)NC(CC1CC1)C(=O)C(N)=O)C2(C)C)C(C)(C)C)C(=O)c1ccc(N(C)C)cc1. The number of rotatable bonds is 13. The predicted octanol–water partition coefficient (Wildman–Crippen LogP) is 2.50. The third-order valence-corrected chi connectivity index (χ3v) is 10.2. The number of anilines is 1. The summed E-state index contributed by atoms with van der Waals surface area (Å²) in [4.78, 5) is 82.9. The summed E-state index contributed by atoms with van der Waals surface area (Å²) >= 11 is 0. The van der Waals surface area contributed by atoms with Gasteiger partial charge in [0, 0.05) is 31.9 Å². The fourth-order valence-corrected chi connectivity index (χ4v) is 6.93. The Morgan fingerprint density at radius 2 is 1.57 bits per heavy atom. The molecule has 258 valence electrons. The van der Waals surface area contributed by atoms with Crippen molar-refractivity contribution in [1.29, 1.82) is 0 Å². The number of carbonyl (C=O) groups excluding carboxylic acids is 6. The van der Waals surface area contributed by atoms with Gasteiger partial charge in [-0.05, 0) is 65.2 Å². The van der Waals surface area contributed by atoms with E-state index in [0.717, 1.165) is 18.5 Å². The summed E-state index contributed by atoms with van der Waals surface area (Å²) < 4.78 is 0. The van der Waals surface area contributed by atoms with Crippen molar-refractivity contribution in [1.82, 2.24) is 20.9 Å². The first-order valence-electron chi connectivity index (χ1n) is 16.6. The van der Waals surface area contributed by atoms with Crippen LogP contribution in [0.2, 0.25) is 0 Å². The Bertz CT molecular complexity index is 1410. The van der Waals surface area contributed by atoms with E-state index in [-0.39, 0.29) is 34.9 Å². The molecule has 1 saturated heterocycles. The number of Topliss-reactive ketones (excluding diaryl/α,β-unsaturated/α-hetero) is 2. The van der Waals surface area contributed by atoms with Gasteiger partial charge in [-0.25, -0.2) is 4.79 Å². The largest absolute Gasteiger partial charge is 0.378 e. The van der Waals surface area contributed by atoms with Crippen LogP contribution in [0.5, 0.6) is 0 Å². The number of primary amides is 1. The molecular weight excluding hydrogens is 600 g/mol. The van der Waals surface area contributed by atoms with E-state index < -0.39 is 59.1 Å². The van der Waals surface area contributed by atoms with Gasteiger partial charge in [0.2, 0.25) is 17.6 Å². The van der Waals surface area contributed by atoms with E-state index in [2.05, 4.69) is 16.0 Å². The molecule has 1 aromatic carbocycles. The lowest BCUT2D eigenvalue weighted by Crippen LogP contribution is -2.62. The minimum atomic E-state index is -1.10. The molecular formula is C35H52N6O6. The van der Waals surface area contributed by atoms with Crippen LogP contribution in [0.1, 0.15) is 78.1 Å². The van der Waals surface area contributed by atoms with Gasteiger partial charge in [0.1, 0.15) is 12.1 Å². The summed E-state index contributed by atoms with van der Waals surface area (Å²) in [5.74, 6) is -3.21. The highest BCUT2D eigenvalue weighted by Gasteiger charge is 2.70. The fourth-order valence-electron chi connectivity index (χ4n) is 6.93. The molecule has 5 amide bonds. The van der Waals surface area contributed by atoms with Crippen LogP contribution in [0.15, 0.2) is 24.3 Å². The molecule has 12 heteroatoms. The van der Waals surface area contributed by atoms with Crippen molar-refractivity contribution in [3.63, 3.8) is 0 Å². The van der Waals surface area contributed by atoms with Crippen LogP contribution in [-0.4, -0.2) is 85.0 Å². The maximum Gasteiger partial charge on any atom is 0.316 e. The van der Waals surface area contributed by atoms with Crippen LogP contribution >= 0.6 is 0 Å². The molecule has 1 heterocycles. The average Bonchev–Trinajstić information content (AvgIpc) is 3.84. The molecule has 12 nitrogen and oxygen atoms in total. The second-order valence-corrected chi connectivity index (χ2v) is 15.8. The van der Waals surface area contributed by atoms with Gasteiger partial charge in [0.25, 0.3) is 5.91 Å². The lowest BCUT2D eigenvalue weighted by atomic mass is 9.85. The summed E-state index contributed by atoms with van der Waals surface area (Å²) in [6.45, 7) is 13.5. The molecule has 3 fully saturated rings. The normalized spacial score (nSPS) is 23.2. The first kappa shape index (κ1) is 35.9. The molecule has 6 atom stereocenters. The van der Waals surface area contributed by atoms with Gasteiger partial charge in [0.05, 0.1) is 12.1 Å². The maximum atomic E-state index is 14.3. The number of ketones is 2. The Morgan fingerprint density at radius 3 is 2.06 bits per heavy atom. The van der Waals surface area contributed by atoms with E-state index >= 15 is 0 Å². The first-order valence-corrected chi connectivity index (χ1v) is 16.6. The van der Waals surface area contributed by atoms with E-state index in [1.165, 1.54) is 4.90 Å². The number of amides is 5. The van der Waals surface area contributed by atoms with Crippen molar-refractivity contribution >= 4 is 41.0 Å². The highest BCUT2D eigenvalue weighted by atomic mass is 16.2. The number of urea groups is 1. The summed E-state index contributed by atoms with van der Waals surface area (Å²) in [7, 11) is 3.81. The van der Waals surface area contributed by atoms with Crippen LogP contribution < -0.4 is 26.6 Å². The van der Waals surface area contributed by atoms with Crippen LogP contribution in [0.4, 0.5) is 10.5 Å². The van der Waals surface area contributed by atoms with Crippen molar-refractivity contribution in [3.05, 3.63) is 29.8 Å². The zero-order valence-corrected chi connectivity index (χ0v) is 29.2. The minimum absolute atomic E-state index is 0.0622. The topological polar surface area (TPSA) is 171 Å². The van der Waals surface area contributed by atoms with Crippen LogP contribution in [0, 0.1) is 34.5 Å². The Kier molecular flexibility index (Phi) is 10.1. The molecule has 2 saturated carbocycles. The predicted molar refractivity (Wildman–Crippen MR) is 178 cm³/mol.